The van der Waals surface area contributed by atoms with Crippen molar-refractivity contribution >= 4 is 0 Å². The lowest BCUT2D eigenvalue weighted by molar-refractivity contribution is 0.0153. The van der Waals surface area contributed by atoms with Crippen LogP contribution in [0.1, 0.15) is 33.6 Å². The van der Waals surface area contributed by atoms with Gasteiger partial charge in [0.1, 0.15) is 0 Å². The van der Waals surface area contributed by atoms with E-state index in [1.54, 1.807) is 7.11 Å². The highest BCUT2D eigenvalue weighted by atomic mass is 16.5. The molecule has 0 amide bonds. The molecule has 0 radical (unpaired) electrons. The molecule has 0 rings (SSSR count). The van der Waals surface area contributed by atoms with Gasteiger partial charge >= 0.3 is 0 Å². The lowest BCUT2D eigenvalue weighted by Crippen LogP contribution is -2.33. The van der Waals surface area contributed by atoms with Crippen molar-refractivity contribution in [1.82, 2.24) is 5.32 Å². The van der Waals surface area contributed by atoms with Gasteiger partial charge in [-0.2, -0.15) is 0 Å². The molecule has 0 fully saturated rings. The van der Waals surface area contributed by atoms with Crippen LogP contribution in [0, 0.1) is 0 Å². The minimum Gasteiger partial charge on any atom is -0.396 e. The van der Waals surface area contributed by atoms with Crippen molar-refractivity contribution in [3.05, 3.63) is 0 Å². The number of aliphatic hydroxyl groups excluding tert-OH is 1. The maximum absolute atomic E-state index is 8.68. The van der Waals surface area contributed by atoms with E-state index in [0.717, 1.165) is 19.4 Å². The molecule has 0 aliphatic heterocycles. The second-order valence-corrected chi connectivity index (χ2v) is 4.08. The van der Waals surface area contributed by atoms with Crippen LogP contribution in [-0.2, 0) is 4.74 Å². The Kier molecular flexibility index (Phi) is 6.29. The van der Waals surface area contributed by atoms with E-state index in [9.17, 15) is 0 Å². The summed E-state index contributed by atoms with van der Waals surface area (Å²) in [5.41, 5.74) is -0.0497. The molecule has 0 spiro atoms. The first kappa shape index (κ1) is 12.9. The van der Waals surface area contributed by atoms with Crippen molar-refractivity contribution in [1.29, 1.82) is 0 Å². The minimum absolute atomic E-state index is 0.0497. The Bertz CT molecular complexity index is 126. The summed E-state index contributed by atoms with van der Waals surface area (Å²) in [6, 6.07) is 0.387. The lowest BCUT2D eigenvalue weighted by atomic mass is 10.1. The van der Waals surface area contributed by atoms with Gasteiger partial charge in [0.2, 0.25) is 0 Å². The third-order valence-corrected chi connectivity index (χ3v) is 2.33. The van der Waals surface area contributed by atoms with Crippen LogP contribution < -0.4 is 5.32 Å². The van der Waals surface area contributed by atoms with Crippen LogP contribution in [0.25, 0.3) is 0 Å². The molecule has 1 unspecified atom stereocenters. The highest BCUT2D eigenvalue weighted by molar-refractivity contribution is 4.70. The molecule has 80 valence electrons. The van der Waals surface area contributed by atoms with Gasteiger partial charge < -0.3 is 15.2 Å². The van der Waals surface area contributed by atoms with E-state index in [-0.39, 0.29) is 12.2 Å². The molecule has 0 saturated heterocycles. The fourth-order valence-electron chi connectivity index (χ4n) is 1.02. The number of hydrogen-bond donors (Lipinski definition) is 2. The van der Waals surface area contributed by atoms with Gasteiger partial charge in [0.25, 0.3) is 0 Å². The smallest absolute Gasteiger partial charge is 0.0634 e. The van der Waals surface area contributed by atoms with Crippen LogP contribution >= 0.6 is 0 Å². The van der Waals surface area contributed by atoms with E-state index >= 15 is 0 Å². The number of aliphatic hydroxyl groups is 1. The number of hydrogen-bond acceptors (Lipinski definition) is 3. The fraction of sp³-hybridized carbons (Fsp3) is 1.00. The molecule has 0 aliphatic rings. The molecule has 0 saturated carbocycles. The van der Waals surface area contributed by atoms with E-state index in [0.29, 0.717) is 6.04 Å². The molecule has 0 bridgehead atoms. The van der Waals surface area contributed by atoms with E-state index in [4.69, 9.17) is 9.84 Å². The Balaban J connectivity index is 3.44. The maximum Gasteiger partial charge on any atom is 0.0634 e. The Morgan fingerprint density at radius 2 is 2.08 bits per heavy atom. The number of methoxy groups -OCH3 is 1. The first-order chi connectivity index (χ1) is 6.02. The zero-order valence-corrected chi connectivity index (χ0v) is 9.26. The molecule has 0 aromatic rings. The average molecular weight is 189 g/mol. The van der Waals surface area contributed by atoms with E-state index in [1.807, 2.05) is 0 Å². The Morgan fingerprint density at radius 3 is 2.54 bits per heavy atom. The van der Waals surface area contributed by atoms with Crippen molar-refractivity contribution in [2.75, 3.05) is 20.3 Å². The topological polar surface area (TPSA) is 41.5 Å². The van der Waals surface area contributed by atoms with Gasteiger partial charge in [0.05, 0.1) is 5.60 Å². The van der Waals surface area contributed by atoms with Crippen LogP contribution in [0.3, 0.4) is 0 Å². The van der Waals surface area contributed by atoms with Gasteiger partial charge in [-0.25, -0.2) is 0 Å². The molecule has 0 aromatic heterocycles. The van der Waals surface area contributed by atoms with Crippen LogP contribution in [0.4, 0.5) is 0 Å². The Morgan fingerprint density at radius 1 is 1.46 bits per heavy atom. The summed E-state index contributed by atoms with van der Waals surface area (Å²) in [6.45, 7) is 7.41. The predicted octanol–water partition coefficient (Wildman–Crippen LogP) is 1.16. The molecule has 0 heterocycles. The summed E-state index contributed by atoms with van der Waals surface area (Å²) in [5.74, 6) is 0. The predicted molar refractivity (Wildman–Crippen MR) is 54.9 cm³/mol. The summed E-state index contributed by atoms with van der Waals surface area (Å²) >= 11 is 0. The molecule has 2 N–H and O–H groups in total. The third-order valence-electron chi connectivity index (χ3n) is 2.33. The third kappa shape index (κ3) is 6.99. The normalized spacial score (nSPS) is 14.5. The second-order valence-electron chi connectivity index (χ2n) is 4.08. The average Bonchev–Trinajstić information content (AvgIpc) is 2.05. The van der Waals surface area contributed by atoms with Crippen molar-refractivity contribution < 1.29 is 9.84 Å². The van der Waals surface area contributed by atoms with E-state index in [2.05, 4.69) is 26.1 Å². The van der Waals surface area contributed by atoms with E-state index in [1.165, 1.54) is 0 Å². The molecular formula is C10H23NO2. The number of nitrogens with one attached hydrogen (secondary N) is 1. The van der Waals surface area contributed by atoms with Crippen LogP contribution in [0.5, 0.6) is 0 Å². The van der Waals surface area contributed by atoms with Gasteiger partial charge in [-0.3, -0.25) is 0 Å². The minimum atomic E-state index is -0.0497. The molecule has 3 nitrogen and oxygen atoms in total. The van der Waals surface area contributed by atoms with Crippen molar-refractivity contribution in [2.24, 2.45) is 0 Å². The van der Waals surface area contributed by atoms with Gasteiger partial charge in [-0.15, -0.1) is 0 Å². The Hall–Kier alpha value is -0.120. The van der Waals surface area contributed by atoms with Gasteiger partial charge in [-0.05, 0) is 40.2 Å². The van der Waals surface area contributed by atoms with Crippen LogP contribution in [-0.4, -0.2) is 37.0 Å². The van der Waals surface area contributed by atoms with Crippen molar-refractivity contribution in [3.8, 4) is 0 Å². The monoisotopic (exact) mass is 189 g/mol. The first-order valence-corrected chi connectivity index (χ1v) is 4.91. The summed E-state index contributed by atoms with van der Waals surface area (Å²) in [4.78, 5) is 0. The highest BCUT2D eigenvalue weighted by Crippen LogP contribution is 2.11. The summed E-state index contributed by atoms with van der Waals surface area (Å²) in [6.07, 6.45) is 1.80. The lowest BCUT2D eigenvalue weighted by Gasteiger charge is -2.24. The second kappa shape index (κ2) is 6.35. The summed E-state index contributed by atoms with van der Waals surface area (Å²) < 4.78 is 5.29. The molecule has 1 atom stereocenters. The zero-order valence-electron chi connectivity index (χ0n) is 9.26. The maximum atomic E-state index is 8.68. The summed E-state index contributed by atoms with van der Waals surface area (Å²) in [5, 5.41) is 12.0. The quantitative estimate of drug-likeness (QED) is 0.631. The largest absolute Gasteiger partial charge is 0.396 e. The first-order valence-electron chi connectivity index (χ1n) is 4.91. The molecule has 3 heteroatoms. The van der Waals surface area contributed by atoms with Gasteiger partial charge in [0, 0.05) is 19.8 Å². The molecular weight excluding hydrogens is 166 g/mol. The zero-order chi connectivity index (χ0) is 10.3. The fourth-order valence-corrected chi connectivity index (χ4v) is 1.02. The van der Waals surface area contributed by atoms with Crippen molar-refractivity contribution in [2.45, 2.75) is 45.3 Å². The van der Waals surface area contributed by atoms with Crippen LogP contribution in [0.15, 0.2) is 0 Å². The standard InChI is InChI=1S/C10H23NO2/c1-9(5-8-12)11-7-6-10(2,3)13-4/h9,11-12H,5-8H2,1-4H3. The highest BCUT2D eigenvalue weighted by Gasteiger charge is 2.15. The van der Waals surface area contributed by atoms with Gasteiger partial charge in [0.15, 0.2) is 0 Å². The number of ether oxygens (including phenoxy) is 1. The van der Waals surface area contributed by atoms with E-state index < -0.39 is 0 Å². The Labute approximate surface area is 81.5 Å². The van der Waals surface area contributed by atoms with Crippen LogP contribution in [0.2, 0.25) is 0 Å². The van der Waals surface area contributed by atoms with Gasteiger partial charge in [-0.1, -0.05) is 0 Å². The molecule has 0 aliphatic carbocycles. The SMILES string of the molecule is COC(C)(C)CCNC(C)CCO. The molecule has 13 heavy (non-hydrogen) atoms. The summed E-state index contributed by atoms with van der Waals surface area (Å²) in [7, 11) is 1.73. The van der Waals surface area contributed by atoms with Crippen molar-refractivity contribution in [3.63, 3.8) is 0 Å². The molecule has 0 aromatic carbocycles. The number of rotatable bonds is 7.